The summed E-state index contributed by atoms with van der Waals surface area (Å²) in [5, 5.41) is 83.2. The quantitative estimate of drug-likeness (QED) is 0.0544. The van der Waals surface area contributed by atoms with Crippen LogP contribution in [0.2, 0.25) is 0 Å². The maximum absolute atomic E-state index is 12.0. The third-order valence-corrected chi connectivity index (χ3v) is 9.68. The molecule has 0 radical (unpaired) electrons. The molecule has 1 aromatic rings. The number of benzene rings is 1. The first-order valence-electron chi connectivity index (χ1n) is 19.0. The Labute approximate surface area is 307 Å². The summed E-state index contributed by atoms with van der Waals surface area (Å²) in [6, 6.07) is 7.03. The smallest absolute Gasteiger partial charge is 0.220 e. The normalized spacial score (nSPS) is 30.1. The highest BCUT2D eigenvalue weighted by atomic mass is 16.8. The molecular weight excluding hydrogens is 678 g/mol. The molecule has 0 aliphatic carbocycles. The number of carbonyl (C=O) groups is 1. The number of aromatic hydroxyl groups is 1. The standard InChI is InChI=1S/C38H63NO13/c1-25(49-38-36(34(47)32(45)29(24-41)51-38)52-37-35(48)33(46)31(44)28(23-40)50-37)15-13-11-9-7-5-3-2-4-6-8-10-12-14-16-30(43)39-22-21-26-17-19-27(42)20-18-26/h2-3,17-20,25,28-29,31-38,40-42,44-48H,4-16,21-24H2,1H3,(H,39,43)/b3-2-/t25?,28-,29-,31-,32-,33+,34+,35-,36-,37+,38-/m1/s1. The summed E-state index contributed by atoms with van der Waals surface area (Å²) >= 11 is 0. The van der Waals surface area contributed by atoms with E-state index in [1.807, 2.05) is 19.1 Å². The van der Waals surface area contributed by atoms with Crippen molar-refractivity contribution in [3.63, 3.8) is 0 Å². The fourth-order valence-corrected chi connectivity index (χ4v) is 6.40. The molecule has 0 bridgehead atoms. The third-order valence-electron chi connectivity index (χ3n) is 9.68. The lowest BCUT2D eigenvalue weighted by Gasteiger charge is -2.46. The summed E-state index contributed by atoms with van der Waals surface area (Å²) in [4.78, 5) is 12.0. The number of unbranched alkanes of at least 4 members (excludes halogenated alkanes) is 9. The monoisotopic (exact) mass is 741 g/mol. The summed E-state index contributed by atoms with van der Waals surface area (Å²) in [6.07, 6.45) is 2.90. The number of carbonyl (C=O) groups excluding carboxylic acids is 1. The minimum absolute atomic E-state index is 0.0918. The predicted molar refractivity (Wildman–Crippen MR) is 191 cm³/mol. The molecule has 0 spiro atoms. The number of ether oxygens (including phenoxy) is 4. The van der Waals surface area contributed by atoms with Crippen molar-refractivity contribution in [2.45, 2.75) is 164 Å². The Morgan fingerprint density at radius 3 is 1.94 bits per heavy atom. The number of aliphatic hydroxyl groups is 7. The molecule has 1 unspecified atom stereocenters. The van der Waals surface area contributed by atoms with Crippen molar-refractivity contribution in [3.05, 3.63) is 42.0 Å². The lowest BCUT2D eigenvalue weighted by Crippen LogP contribution is -2.64. The first kappa shape index (κ1) is 44.2. The largest absolute Gasteiger partial charge is 0.508 e. The Morgan fingerprint density at radius 2 is 1.31 bits per heavy atom. The summed E-state index contributed by atoms with van der Waals surface area (Å²) in [7, 11) is 0. The first-order valence-corrected chi connectivity index (χ1v) is 19.0. The van der Waals surface area contributed by atoms with Gasteiger partial charge in [0.05, 0.1) is 19.3 Å². The number of amides is 1. The number of allylic oxidation sites excluding steroid dienone is 2. The van der Waals surface area contributed by atoms with Gasteiger partial charge in [-0.3, -0.25) is 4.79 Å². The van der Waals surface area contributed by atoms with E-state index in [0.29, 0.717) is 19.4 Å². The van der Waals surface area contributed by atoms with Crippen LogP contribution in [0.4, 0.5) is 0 Å². The van der Waals surface area contributed by atoms with Gasteiger partial charge in [-0.2, -0.15) is 0 Å². The summed E-state index contributed by atoms with van der Waals surface area (Å²) in [5.74, 6) is 0.335. The second-order valence-electron chi connectivity index (χ2n) is 14.0. The van der Waals surface area contributed by atoms with E-state index in [-0.39, 0.29) is 17.8 Å². The van der Waals surface area contributed by atoms with E-state index in [0.717, 1.165) is 82.6 Å². The average Bonchev–Trinajstić information content (AvgIpc) is 3.13. The molecule has 1 aromatic carbocycles. The van der Waals surface area contributed by atoms with Gasteiger partial charge < -0.3 is 65.1 Å². The topological polar surface area (TPSA) is 228 Å². The summed E-state index contributed by atoms with van der Waals surface area (Å²) in [6.45, 7) is 1.20. The van der Waals surface area contributed by atoms with Crippen LogP contribution in [0.1, 0.15) is 96.0 Å². The van der Waals surface area contributed by atoms with Gasteiger partial charge >= 0.3 is 0 Å². The van der Waals surface area contributed by atoms with Crippen molar-refractivity contribution in [3.8, 4) is 5.75 Å². The molecule has 11 atom stereocenters. The molecule has 2 aliphatic rings. The van der Waals surface area contributed by atoms with Crippen molar-refractivity contribution in [1.29, 1.82) is 0 Å². The highest BCUT2D eigenvalue weighted by molar-refractivity contribution is 5.75. The number of hydrogen-bond acceptors (Lipinski definition) is 13. The molecule has 0 saturated carbocycles. The molecular formula is C38H63NO13. The van der Waals surface area contributed by atoms with Crippen LogP contribution in [0.5, 0.6) is 5.75 Å². The molecule has 9 N–H and O–H groups in total. The van der Waals surface area contributed by atoms with E-state index in [1.54, 1.807) is 12.1 Å². The summed E-state index contributed by atoms with van der Waals surface area (Å²) < 4.78 is 22.9. The van der Waals surface area contributed by atoms with Gasteiger partial charge in [-0.15, -0.1) is 0 Å². The number of hydrogen-bond donors (Lipinski definition) is 9. The van der Waals surface area contributed by atoms with E-state index in [2.05, 4.69) is 17.5 Å². The second kappa shape index (κ2) is 24.2. The van der Waals surface area contributed by atoms with Crippen LogP contribution in [0.3, 0.4) is 0 Å². The molecule has 2 heterocycles. The van der Waals surface area contributed by atoms with Gasteiger partial charge in [-0.05, 0) is 69.6 Å². The van der Waals surface area contributed by atoms with Crippen LogP contribution in [0, 0.1) is 0 Å². The molecule has 298 valence electrons. The van der Waals surface area contributed by atoms with Gasteiger partial charge in [0.2, 0.25) is 5.91 Å². The van der Waals surface area contributed by atoms with E-state index < -0.39 is 74.6 Å². The Balaban J connectivity index is 1.22. The van der Waals surface area contributed by atoms with Gasteiger partial charge in [0.1, 0.15) is 54.6 Å². The number of nitrogens with one attached hydrogen (secondary N) is 1. The molecule has 2 aliphatic heterocycles. The van der Waals surface area contributed by atoms with Crippen LogP contribution < -0.4 is 5.32 Å². The number of rotatable bonds is 24. The summed E-state index contributed by atoms with van der Waals surface area (Å²) in [5.41, 5.74) is 1.08. The van der Waals surface area contributed by atoms with Crippen molar-refractivity contribution in [1.82, 2.24) is 5.32 Å². The van der Waals surface area contributed by atoms with Gasteiger partial charge in [0.15, 0.2) is 12.6 Å². The Morgan fingerprint density at radius 1 is 0.750 bits per heavy atom. The lowest BCUT2D eigenvalue weighted by molar-refractivity contribution is -0.371. The van der Waals surface area contributed by atoms with Gasteiger partial charge in [0.25, 0.3) is 0 Å². The molecule has 0 aromatic heterocycles. The zero-order valence-corrected chi connectivity index (χ0v) is 30.5. The average molecular weight is 742 g/mol. The molecule has 14 heteroatoms. The number of phenolic OH excluding ortho intramolecular Hbond substituents is 1. The van der Waals surface area contributed by atoms with E-state index >= 15 is 0 Å². The van der Waals surface area contributed by atoms with Crippen LogP contribution in [0.15, 0.2) is 36.4 Å². The molecule has 14 nitrogen and oxygen atoms in total. The predicted octanol–water partition coefficient (Wildman–Crippen LogP) is 1.71. The number of aliphatic hydroxyl groups excluding tert-OH is 7. The molecule has 2 saturated heterocycles. The Hall–Kier alpha value is -2.21. The zero-order valence-electron chi connectivity index (χ0n) is 30.5. The van der Waals surface area contributed by atoms with Crippen molar-refractivity contribution in [2.24, 2.45) is 0 Å². The van der Waals surface area contributed by atoms with Gasteiger partial charge in [-0.25, -0.2) is 0 Å². The maximum atomic E-state index is 12.0. The van der Waals surface area contributed by atoms with E-state index in [4.69, 9.17) is 18.9 Å². The minimum Gasteiger partial charge on any atom is -0.508 e. The fourth-order valence-electron chi connectivity index (χ4n) is 6.40. The lowest BCUT2D eigenvalue weighted by atomic mass is 9.97. The van der Waals surface area contributed by atoms with Crippen molar-refractivity contribution < 1.29 is 64.6 Å². The molecule has 52 heavy (non-hydrogen) atoms. The molecule has 1 amide bonds. The second-order valence-corrected chi connectivity index (χ2v) is 14.0. The minimum atomic E-state index is -1.72. The number of phenols is 1. The zero-order chi connectivity index (χ0) is 37.9. The van der Waals surface area contributed by atoms with Crippen LogP contribution in [-0.2, 0) is 30.2 Å². The van der Waals surface area contributed by atoms with E-state index in [9.17, 15) is 45.6 Å². The van der Waals surface area contributed by atoms with Gasteiger partial charge in [0, 0.05) is 13.0 Å². The molecule has 3 rings (SSSR count). The van der Waals surface area contributed by atoms with Crippen molar-refractivity contribution in [2.75, 3.05) is 19.8 Å². The Bertz CT molecular complexity index is 1140. The Kier molecular flexibility index (Phi) is 20.6. The highest BCUT2D eigenvalue weighted by Gasteiger charge is 2.51. The molecule has 2 fully saturated rings. The van der Waals surface area contributed by atoms with Crippen LogP contribution in [-0.4, -0.2) is 134 Å². The van der Waals surface area contributed by atoms with E-state index in [1.165, 1.54) is 0 Å². The maximum Gasteiger partial charge on any atom is 0.220 e. The van der Waals surface area contributed by atoms with Gasteiger partial charge in [-0.1, -0.05) is 62.8 Å². The first-order chi connectivity index (χ1) is 25.0. The third kappa shape index (κ3) is 14.9. The highest BCUT2D eigenvalue weighted by Crippen LogP contribution is 2.30. The van der Waals surface area contributed by atoms with Crippen molar-refractivity contribution >= 4 is 5.91 Å². The SMILES string of the molecule is CC(CCCCCC/C=C\CCCCCCCC(=O)NCCc1ccc(O)cc1)O[C@@H]1O[C@H](CO)[C@@H](O)[C@H](O)[C@H]1O[C@@H]1O[C@H](CO)[C@@H](O)[C@H](O)[C@H]1O. The fraction of sp³-hybridized carbons (Fsp3) is 0.763. The van der Waals surface area contributed by atoms with Crippen LogP contribution >= 0.6 is 0 Å². The van der Waals surface area contributed by atoms with Crippen LogP contribution in [0.25, 0.3) is 0 Å².